The van der Waals surface area contributed by atoms with Gasteiger partial charge in [-0.05, 0) is 36.1 Å². The van der Waals surface area contributed by atoms with Crippen molar-refractivity contribution in [2.75, 3.05) is 0 Å². The number of rotatable bonds is 4. The van der Waals surface area contributed by atoms with Crippen molar-refractivity contribution in [1.82, 2.24) is 9.55 Å². The molecule has 0 N–H and O–H groups in total. The molecule has 0 saturated heterocycles. The van der Waals surface area contributed by atoms with Crippen molar-refractivity contribution in [1.29, 1.82) is 0 Å². The molecule has 3 rings (SSSR count). The number of nitrogens with zero attached hydrogens (tertiary/aromatic N) is 2. The Morgan fingerprint density at radius 3 is 2.76 bits per heavy atom. The fraction of sp³-hybridized carbons (Fsp3) is 0.200. The Labute approximate surface area is 139 Å². The molecule has 1 aromatic carbocycles. The SMILES string of the molecule is CCn1c(SCc2ccc(Br)cc2)nc2ccsc2c1=O. The summed E-state index contributed by atoms with van der Waals surface area (Å²) in [5.74, 6) is 0.801. The maximum Gasteiger partial charge on any atom is 0.272 e. The second-order valence-electron chi connectivity index (χ2n) is 4.49. The van der Waals surface area contributed by atoms with Crippen LogP contribution in [0.2, 0.25) is 0 Å². The minimum absolute atomic E-state index is 0.0656. The molecule has 108 valence electrons. The first-order valence-corrected chi connectivity index (χ1v) is 9.20. The molecule has 0 saturated carbocycles. The molecule has 2 aromatic heterocycles. The van der Waals surface area contributed by atoms with Crippen LogP contribution in [0.4, 0.5) is 0 Å². The maximum atomic E-state index is 12.4. The third-order valence-electron chi connectivity index (χ3n) is 3.13. The molecule has 0 radical (unpaired) electrons. The van der Waals surface area contributed by atoms with Crippen molar-refractivity contribution in [3.63, 3.8) is 0 Å². The average molecular weight is 381 g/mol. The van der Waals surface area contributed by atoms with Gasteiger partial charge in [0.2, 0.25) is 0 Å². The molecular weight excluding hydrogens is 368 g/mol. The molecule has 3 nitrogen and oxygen atoms in total. The van der Waals surface area contributed by atoms with E-state index in [9.17, 15) is 4.79 Å². The molecule has 21 heavy (non-hydrogen) atoms. The average Bonchev–Trinajstić information content (AvgIpc) is 2.95. The molecule has 0 spiro atoms. The molecule has 0 aliphatic rings. The summed E-state index contributed by atoms with van der Waals surface area (Å²) in [6.07, 6.45) is 0. The summed E-state index contributed by atoms with van der Waals surface area (Å²) in [4.78, 5) is 17.0. The van der Waals surface area contributed by atoms with Crippen molar-refractivity contribution >= 4 is 49.2 Å². The van der Waals surface area contributed by atoms with Gasteiger partial charge in [-0.25, -0.2) is 4.98 Å². The van der Waals surface area contributed by atoms with Crippen LogP contribution >= 0.6 is 39.0 Å². The van der Waals surface area contributed by atoms with Gasteiger partial charge in [0.25, 0.3) is 5.56 Å². The number of benzene rings is 1. The summed E-state index contributed by atoms with van der Waals surface area (Å²) >= 11 is 6.50. The predicted molar refractivity (Wildman–Crippen MR) is 93.3 cm³/mol. The molecule has 0 aliphatic heterocycles. The Morgan fingerprint density at radius 2 is 2.05 bits per heavy atom. The Balaban J connectivity index is 1.92. The zero-order valence-electron chi connectivity index (χ0n) is 11.4. The second kappa shape index (κ2) is 6.34. The van der Waals surface area contributed by atoms with Gasteiger partial charge in [-0.2, -0.15) is 0 Å². The molecule has 0 unspecified atom stereocenters. The van der Waals surface area contributed by atoms with Crippen LogP contribution in [0.1, 0.15) is 12.5 Å². The van der Waals surface area contributed by atoms with Crippen molar-refractivity contribution < 1.29 is 0 Å². The zero-order valence-corrected chi connectivity index (χ0v) is 14.6. The molecule has 0 aliphatic carbocycles. The second-order valence-corrected chi connectivity index (χ2v) is 7.27. The van der Waals surface area contributed by atoms with E-state index in [2.05, 4.69) is 33.0 Å². The van der Waals surface area contributed by atoms with Crippen LogP contribution in [0.5, 0.6) is 0 Å². The fourth-order valence-corrected chi connectivity index (χ4v) is 4.10. The highest BCUT2D eigenvalue weighted by atomic mass is 79.9. The lowest BCUT2D eigenvalue weighted by Crippen LogP contribution is -2.21. The monoisotopic (exact) mass is 380 g/mol. The van der Waals surface area contributed by atoms with Crippen LogP contribution < -0.4 is 5.56 Å². The molecule has 2 heterocycles. The van der Waals surface area contributed by atoms with E-state index in [1.807, 2.05) is 30.5 Å². The first-order chi connectivity index (χ1) is 10.2. The number of hydrogen-bond donors (Lipinski definition) is 0. The molecule has 0 bridgehead atoms. The van der Waals surface area contributed by atoms with Crippen molar-refractivity contribution in [3.05, 3.63) is 56.1 Å². The predicted octanol–water partition coefficient (Wildman–Crippen LogP) is 4.53. The van der Waals surface area contributed by atoms with Crippen LogP contribution in [0.25, 0.3) is 10.2 Å². The number of thioether (sulfide) groups is 1. The molecule has 6 heteroatoms. The smallest absolute Gasteiger partial charge is 0.272 e. The van der Waals surface area contributed by atoms with Gasteiger partial charge in [-0.3, -0.25) is 9.36 Å². The molecular formula is C15H13BrN2OS2. The third-order valence-corrected chi connectivity index (χ3v) is 5.60. The van der Waals surface area contributed by atoms with Crippen LogP contribution in [-0.2, 0) is 12.3 Å². The Morgan fingerprint density at radius 1 is 1.29 bits per heavy atom. The summed E-state index contributed by atoms with van der Waals surface area (Å²) in [5.41, 5.74) is 2.08. The van der Waals surface area contributed by atoms with Crippen LogP contribution in [-0.4, -0.2) is 9.55 Å². The summed E-state index contributed by atoms with van der Waals surface area (Å²) in [5, 5.41) is 2.71. The number of thiophene rings is 1. The van der Waals surface area contributed by atoms with E-state index in [0.29, 0.717) is 6.54 Å². The van der Waals surface area contributed by atoms with Crippen molar-refractivity contribution in [2.45, 2.75) is 24.4 Å². The number of fused-ring (bicyclic) bond motifs is 1. The fourth-order valence-electron chi connectivity index (χ4n) is 2.04. The normalized spacial score (nSPS) is 11.1. The van der Waals surface area contributed by atoms with Gasteiger partial charge in [0.05, 0.1) is 5.52 Å². The highest BCUT2D eigenvalue weighted by Crippen LogP contribution is 2.24. The van der Waals surface area contributed by atoms with E-state index >= 15 is 0 Å². The van der Waals surface area contributed by atoms with Gasteiger partial charge in [0, 0.05) is 16.8 Å². The van der Waals surface area contributed by atoms with Gasteiger partial charge < -0.3 is 0 Å². The standard InChI is InChI=1S/C15H13BrN2OS2/c1-2-18-14(19)13-12(7-8-20-13)17-15(18)21-9-10-3-5-11(16)6-4-10/h3-8H,2,9H2,1H3. The largest absolute Gasteiger partial charge is 0.287 e. The topological polar surface area (TPSA) is 34.9 Å². The van der Waals surface area contributed by atoms with Gasteiger partial charge in [-0.15, -0.1) is 11.3 Å². The number of hydrogen-bond acceptors (Lipinski definition) is 4. The molecule has 0 amide bonds. The lowest BCUT2D eigenvalue weighted by Gasteiger charge is -2.09. The van der Waals surface area contributed by atoms with Crippen LogP contribution in [0, 0.1) is 0 Å². The van der Waals surface area contributed by atoms with Crippen molar-refractivity contribution in [2.24, 2.45) is 0 Å². The van der Waals surface area contributed by atoms with E-state index in [0.717, 1.165) is 25.6 Å². The summed E-state index contributed by atoms with van der Waals surface area (Å²) < 4.78 is 3.56. The lowest BCUT2D eigenvalue weighted by molar-refractivity contribution is 0.635. The zero-order chi connectivity index (χ0) is 14.8. The highest BCUT2D eigenvalue weighted by molar-refractivity contribution is 9.10. The van der Waals surface area contributed by atoms with Gasteiger partial charge in [0.1, 0.15) is 4.70 Å². The highest BCUT2D eigenvalue weighted by Gasteiger charge is 2.11. The van der Waals surface area contributed by atoms with Gasteiger partial charge >= 0.3 is 0 Å². The minimum atomic E-state index is 0.0656. The van der Waals surface area contributed by atoms with E-state index in [-0.39, 0.29) is 5.56 Å². The molecule has 3 aromatic rings. The summed E-state index contributed by atoms with van der Waals surface area (Å²) in [7, 11) is 0. The van der Waals surface area contributed by atoms with E-state index in [1.165, 1.54) is 16.9 Å². The first-order valence-electron chi connectivity index (χ1n) is 6.54. The molecule has 0 atom stereocenters. The van der Waals surface area contributed by atoms with E-state index < -0.39 is 0 Å². The summed E-state index contributed by atoms with van der Waals surface area (Å²) in [6.45, 7) is 2.62. The quantitative estimate of drug-likeness (QED) is 0.492. The Hall–Kier alpha value is -1.11. The van der Waals surface area contributed by atoms with Gasteiger partial charge in [0.15, 0.2) is 5.16 Å². The van der Waals surface area contributed by atoms with Crippen LogP contribution in [0.15, 0.2) is 50.1 Å². The summed E-state index contributed by atoms with van der Waals surface area (Å²) in [6, 6.07) is 10.1. The van der Waals surface area contributed by atoms with Crippen LogP contribution in [0.3, 0.4) is 0 Å². The van der Waals surface area contributed by atoms with Crippen molar-refractivity contribution in [3.8, 4) is 0 Å². The Kier molecular flexibility index (Phi) is 4.47. The van der Waals surface area contributed by atoms with E-state index in [4.69, 9.17) is 0 Å². The number of aromatic nitrogens is 2. The number of halogens is 1. The first kappa shape index (κ1) is 14.8. The van der Waals surface area contributed by atoms with Gasteiger partial charge in [-0.1, -0.05) is 39.8 Å². The minimum Gasteiger partial charge on any atom is -0.287 e. The third kappa shape index (κ3) is 3.07. The lowest BCUT2D eigenvalue weighted by atomic mass is 10.2. The van der Waals surface area contributed by atoms with E-state index in [1.54, 1.807) is 16.3 Å². The maximum absolute atomic E-state index is 12.4. The Bertz CT molecular complexity index is 824. The molecule has 0 fully saturated rings.